The second-order valence-corrected chi connectivity index (χ2v) is 25.8. The fourth-order valence-corrected chi connectivity index (χ4v) is 10.4. The second kappa shape index (κ2) is 61.7. The molecule has 0 aromatic heterocycles. The lowest BCUT2D eigenvalue weighted by atomic mass is 10.0. The van der Waals surface area contributed by atoms with Crippen LogP contribution in [0, 0.1) is 0 Å². The number of hydrogen-bond donors (Lipinski definition) is 8. The van der Waals surface area contributed by atoms with Crippen LogP contribution >= 0.6 is 0 Å². The van der Waals surface area contributed by atoms with Crippen LogP contribution in [-0.4, -0.2) is 238 Å². The van der Waals surface area contributed by atoms with Crippen molar-refractivity contribution in [3.8, 4) is 46.0 Å². The SMILES string of the molecule is CCCCCNC(=O)C(Cc1ccc(OCC(=O)OCC)c(OCC(=O)OCC)c1)NC(=O)OC.CCOC(=O)COc1ccc(CC(NC(=O)OC)C(=O)O)cc1OCC(=O)OCC.CCOC(=O)COc1ccc(CC(NC(=O)OC)C(=O)OCc2ccccc2)cc1OCC(=O)OCC.COC(=O)NC(Cc1ccc(O)c(O)c1)C(=O)OCc1ccccc1. The molecule has 0 saturated carbocycles. The molecule has 40 nitrogen and oxygen atoms in total. The quantitative estimate of drug-likeness (QED) is 0.00782. The number of alkyl carbamates (subject to hydrolysis) is 4. The number of phenolic OH excluding ortho intramolecular Hbond substituents is 2. The van der Waals surface area contributed by atoms with Crippen molar-refractivity contribution in [1.29, 1.82) is 0 Å². The van der Waals surface area contributed by atoms with Crippen molar-refractivity contribution in [3.05, 3.63) is 167 Å². The first-order chi connectivity index (χ1) is 61.0. The topological polar surface area (TPSA) is 526 Å². The van der Waals surface area contributed by atoms with Crippen LogP contribution in [-0.2, 0) is 144 Å². The van der Waals surface area contributed by atoms with Gasteiger partial charge in [0.05, 0.1) is 68.1 Å². The largest absolute Gasteiger partial charge is 0.504 e. The molecule has 0 saturated heterocycles. The van der Waals surface area contributed by atoms with Crippen LogP contribution in [0.2, 0.25) is 0 Å². The van der Waals surface area contributed by atoms with Crippen molar-refractivity contribution in [2.24, 2.45) is 0 Å². The lowest BCUT2D eigenvalue weighted by molar-refractivity contribution is -0.148. The molecular formula is C87H111N5O35. The number of unbranched alkanes of at least 4 members (excludes halogenated alkanes) is 2. The number of aromatic hydroxyl groups is 2. The third-order valence-corrected chi connectivity index (χ3v) is 16.3. The zero-order valence-electron chi connectivity index (χ0n) is 72.5. The van der Waals surface area contributed by atoms with Gasteiger partial charge in [-0.05, 0) is 130 Å². The van der Waals surface area contributed by atoms with Crippen LogP contribution in [0.25, 0.3) is 0 Å². The molecule has 4 unspecified atom stereocenters. The normalized spacial score (nSPS) is 11.1. The van der Waals surface area contributed by atoms with Gasteiger partial charge in [0.1, 0.15) is 37.4 Å². The van der Waals surface area contributed by atoms with Gasteiger partial charge in [0, 0.05) is 32.2 Å². The molecule has 0 aliphatic rings. The van der Waals surface area contributed by atoms with Gasteiger partial charge in [0.15, 0.2) is 85.6 Å². The number of carboxylic acid groups (broad SMARTS) is 1. The molecule has 8 N–H and O–H groups in total. The standard InChI is InChI=1S/C26H31NO10.C24H36N2O9.C19H25NO10.C18H19NO6/c1-4-33-23(28)16-35-21-12-11-19(14-22(21)36-17-24(29)34-5-2)13-20(27-26(31)32-3)25(30)37-15-18-9-7-6-8-10-18;1-5-8-9-12-25-23(29)18(26-24(30)31-4)13-17-10-11-19(34-15-21(27)32-6-2)20(14-17)35-16-22(28)33-7-3;1-4-27-16(21)10-29-14-7-6-12(8-13(18(23)24)20-19(25)26-3)9-15(14)30-11-17(22)28-5-2;1-24-18(23)19-14(9-13-7-8-15(20)16(21)10-13)17(22)25-11-12-5-3-2-4-6-12/h6-12,14,20H,4-5,13,15-17H2,1-3H3,(H,27,31);10-11,14,18H,5-9,12-13,15-16H2,1-4H3,(H,25,29)(H,26,30);6-7,9,13H,4-5,8,10-11H2,1-3H3,(H,20,25)(H,23,24);2-8,10,14,20-21H,9,11H2,1H3,(H,19,23). The molecule has 0 fully saturated rings. The van der Waals surface area contributed by atoms with Gasteiger partial charge in [-0.25, -0.2) is 62.3 Å². The van der Waals surface area contributed by atoms with Gasteiger partial charge in [0.25, 0.3) is 0 Å². The van der Waals surface area contributed by atoms with E-state index in [2.05, 4.69) is 52.5 Å². The number of methoxy groups -OCH3 is 4. The Kier molecular flexibility index (Phi) is 51.9. The molecule has 0 bridgehead atoms. The molecule has 0 aliphatic carbocycles. The zero-order valence-corrected chi connectivity index (χ0v) is 72.5. The number of carbonyl (C=O) groups excluding carboxylic acids is 13. The molecule has 0 radical (unpaired) electrons. The highest BCUT2D eigenvalue weighted by atomic mass is 16.6. The Labute approximate surface area is 733 Å². The van der Waals surface area contributed by atoms with Gasteiger partial charge >= 0.3 is 78.1 Å². The molecule has 5 amide bonds. The number of rotatable bonds is 48. The molecule has 127 heavy (non-hydrogen) atoms. The first kappa shape index (κ1) is 107. The average Bonchev–Trinajstić information content (AvgIpc) is 0.850. The van der Waals surface area contributed by atoms with Gasteiger partial charge in [0.2, 0.25) is 5.91 Å². The third kappa shape index (κ3) is 44.4. The minimum absolute atomic E-state index is 0.0106. The fourth-order valence-electron chi connectivity index (χ4n) is 10.4. The first-order valence-corrected chi connectivity index (χ1v) is 39.9. The average molecular weight is 1790 g/mol. The van der Waals surface area contributed by atoms with Crippen LogP contribution in [0.1, 0.15) is 101 Å². The van der Waals surface area contributed by atoms with E-state index in [0.717, 1.165) is 37.5 Å². The predicted molar refractivity (Wildman–Crippen MR) is 447 cm³/mol. The zero-order chi connectivity index (χ0) is 93.9. The van der Waals surface area contributed by atoms with E-state index in [1.807, 2.05) is 48.5 Å². The van der Waals surface area contributed by atoms with E-state index in [9.17, 15) is 82.4 Å². The summed E-state index contributed by atoms with van der Waals surface area (Å²) in [5, 5.41) is 40.6. The van der Waals surface area contributed by atoms with Crippen molar-refractivity contribution in [1.82, 2.24) is 26.6 Å². The van der Waals surface area contributed by atoms with E-state index in [0.29, 0.717) is 28.8 Å². The summed E-state index contributed by atoms with van der Waals surface area (Å²) < 4.78 is 90.8. The maximum Gasteiger partial charge on any atom is 0.407 e. The van der Waals surface area contributed by atoms with Crippen LogP contribution < -0.4 is 55.0 Å². The molecule has 694 valence electrons. The number of amides is 5. The summed E-state index contributed by atoms with van der Waals surface area (Å²) in [5.74, 6) is -6.14. The predicted octanol–water partition coefficient (Wildman–Crippen LogP) is 7.76. The maximum atomic E-state index is 12.8. The number of esters is 8. The van der Waals surface area contributed by atoms with Crippen LogP contribution in [0.4, 0.5) is 19.2 Å². The summed E-state index contributed by atoms with van der Waals surface area (Å²) in [6.45, 7) is 11.5. The van der Waals surface area contributed by atoms with Crippen LogP contribution in [0.15, 0.2) is 133 Å². The number of carboxylic acids is 1. The summed E-state index contributed by atoms with van der Waals surface area (Å²) in [6.07, 6.45) is -0.315. The van der Waals surface area contributed by atoms with Crippen LogP contribution in [0.3, 0.4) is 0 Å². The van der Waals surface area contributed by atoms with Gasteiger partial charge in [-0.15, -0.1) is 0 Å². The van der Waals surface area contributed by atoms with Crippen molar-refractivity contribution < 1.29 is 168 Å². The summed E-state index contributed by atoms with van der Waals surface area (Å²) in [5.41, 5.74) is 3.74. The smallest absolute Gasteiger partial charge is 0.407 e. The number of hydrogen-bond acceptors (Lipinski definition) is 34. The summed E-state index contributed by atoms with van der Waals surface area (Å²) >= 11 is 0. The summed E-state index contributed by atoms with van der Waals surface area (Å²) in [7, 11) is 4.70. The van der Waals surface area contributed by atoms with E-state index in [1.54, 1.807) is 77.9 Å². The first-order valence-electron chi connectivity index (χ1n) is 39.9. The van der Waals surface area contributed by atoms with Crippen molar-refractivity contribution >= 4 is 84.0 Å². The molecule has 4 atom stereocenters. The van der Waals surface area contributed by atoms with Crippen LogP contribution in [0.5, 0.6) is 46.0 Å². The number of ether oxygens (including phenoxy) is 18. The molecule has 40 heteroatoms. The Bertz CT molecular complexity index is 4460. The number of carbonyl (C=O) groups is 14. The Morgan fingerprint density at radius 3 is 0.890 bits per heavy atom. The molecule has 6 aromatic rings. The molecule has 0 aliphatic heterocycles. The van der Waals surface area contributed by atoms with E-state index in [4.69, 9.17) is 66.3 Å². The second-order valence-electron chi connectivity index (χ2n) is 25.8. The van der Waals surface area contributed by atoms with Crippen molar-refractivity contribution in [2.45, 2.75) is 131 Å². The number of aliphatic carboxylic acids is 1. The highest BCUT2D eigenvalue weighted by molar-refractivity contribution is 5.86. The third-order valence-electron chi connectivity index (χ3n) is 16.3. The summed E-state index contributed by atoms with van der Waals surface area (Å²) in [4.78, 5) is 166. The Balaban J connectivity index is 0.000000441. The number of phenols is 2. The number of nitrogens with one attached hydrogen (secondary N) is 5. The van der Waals surface area contributed by atoms with E-state index >= 15 is 0 Å². The van der Waals surface area contributed by atoms with E-state index in [1.165, 1.54) is 69.9 Å². The van der Waals surface area contributed by atoms with Gasteiger partial charge in [-0.3, -0.25) is 4.79 Å². The fraction of sp³-hybridized carbons (Fsp3) is 0.425. The maximum absolute atomic E-state index is 12.8. The molecular weight excluding hydrogens is 1670 g/mol. The monoisotopic (exact) mass is 1790 g/mol. The van der Waals surface area contributed by atoms with Gasteiger partial charge in [-0.1, -0.05) is 105 Å². The van der Waals surface area contributed by atoms with E-state index < -0.39 is 115 Å². The highest BCUT2D eigenvalue weighted by Crippen LogP contribution is 2.33. The van der Waals surface area contributed by atoms with E-state index in [-0.39, 0.29) is 157 Å². The Morgan fingerprint density at radius 1 is 0.307 bits per heavy atom. The lowest BCUT2D eigenvalue weighted by Gasteiger charge is -2.19. The minimum atomic E-state index is -1.27. The Hall–Kier alpha value is -14.5. The number of benzene rings is 6. The summed E-state index contributed by atoms with van der Waals surface area (Å²) in [6, 6.07) is 32.0. The highest BCUT2D eigenvalue weighted by Gasteiger charge is 2.29. The van der Waals surface area contributed by atoms with Gasteiger partial charge in [-0.2, -0.15) is 0 Å². The lowest BCUT2D eigenvalue weighted by Crippen LogP contribution is -2.48. The molecule has 6 aromatic carbocycles. The molecule has 0 heterocycles. The molecule has 0 spiro atoms. The molecule has 6 rings (SSSR count). The van der Waals surface area contributed by atoms with Crippen molar-refractivity contribution in [3.63, 3.8) is 0 Å². The Morgan fingerprint density at radius 2 is 0.591 bits per heavy atom. The minimum Gasteiger partial charge on any atom is -0.504 e. The van der Waals surface area contributed by atoms with Crippen molar-refractivity contribution in [2.75, 3.05) is 114 Å². The van der Waals surface area contributed by atoms with Gasteiger partial charge < -0.3 is 127 Å².